The highest BCUT2D eigenvalue weighted by Gasteiger charge is 2.61. The van der Waals surface area contributed by atoms with Gasteiger partial charge >= 0.3 is 5.97 Å². The Morgan fingerprint density at radius 2 is 1.63 bits per heavy atom. The molecule has 0 radical (unpaired) electrons. The van der Waals surface area contributed by atoms with Gasteiger partial charge in [-0.25, -0.2) is 4.90 Å². The monoisotopic (exact) mass is 492 g/mol. The van der Waals surface area contributed by atoms with Crippen LogP contribution in [0.3, 0.4) is 0 Å². The number of benzene rings is 2. The molecule has 2 aromatic carbocycles. The number of carbonyl (C=O) groups is 4. The van der Waals surface area contributed by atoms with E-state index < -0.39 is 11.9 Å². The predicted octanol–water partition coefficient (Wildman–Crippen LogP) is 4.14. The first kappa shape index (κ1) is 22.3. The fraction of sp³-hybridized carbons (Fsp3) is 0.407. The normalized spacial score (nSPS) is 29.3. The van der Waals surface area contributed by atoms with Crippen LogP contribution >= 0.6 is 11.6 Å². The van der Waals surface area contributed by atoms with Crippen molar-refractivity contribution in [3.63, 3.8) is 0 Å². The molecule has 2 aliphatic heterocycles. The van der Waals surface area contributed by atoms with Gasteiger partial charge in [0, 0.05) is 23.7 Å². The number of hydrogen-bond acceptors (Lipinski definition) is 5. The second-order valence-electron chi connectivity index (χ2n) is 10.1. The lowest BCUT2D eigenvalue weighted by Crippen LogP contribution is -2.33. The zero-order valence-corrected chi connectivity index (χ0v) is 20.0. The maximum absolute atomic E-state index is 13.1. The van der Waals surface area contributed by atoms with Crippen molar-refractivity contribution in [1.82, 2.24) is 0 Å². The molecule has 4 aliphatic rings. The van der Waals surface area contributed by atoms with Crippen molar-refractivity contribution in [2.75, 3.05) is 16.3 Å². The molecule has 0 spiro atoms. The molecule has 2 aliphatic carbocycles. The molecular weight excluding hydrogens is 468 g/mol. The van der Waals surface area contributed by atoms with Gasteiger partial charge in [0.15, 0.2) is 0 Å². The molecule has 180 valence electrons. The molecule has 2 saturated heterocycles. The molecule has 6 rings (SSSR count). The minimum Gasteiger partial charge on any atom is -0.426 e. The van der Waals surface area contributed by atoms with Crippen molar-refractivity contribution >= 4 is 46.7 Å². The minimum absolute atomic E-state index is 0.0699. The van der Waals surface area contributed by atoms with E-state index in [0.717, 1.165) is 19.3 Å². The van der Waals surface area contributed by atoms with Crippen LogP contribution in [0.25, 0.3) is 0 Å². The third-order valence-corrected chi connectivity index (χ3v) is 8.40. The number of anilines is 2. The van der Waals surface area contributed by atoms with Gasteiger partial charge in [0.25, 0.3) is 0 Å². The van der Waals surface area contributed by atoms with E-state index in [1.54, 1.807) is 54.3 Å². The van der Waals surface area contributed by atoms with Crippen LogP contribution in [0.1, 0.15) is 31.2 Å². The zero-order chi connectivity index (χ0) is 24.4. The maximum Gasteiger partial charge on any atom is 0.316 e. The number of carbonyl (C=O) groups excluding carboxylic acids is 4. The van der Waals surface area contributed by atoms with Crippen molar-refractivity contribution in [3.8, 4) is 5.75 Å². The fourth-order valence-corrected chi connectivity index (χ4v) is 6.65. The Morgan fingerprint density at radius 3 is 2.26 bits per heavy atom. The van der Waals surface area contributed by atoms with Crippen LogP contribution in [0.4, 0.5) is 11.4 Å². The van der Waals surface area contributed by atoms with Gasteiger partial charge < -0.3 is 9.64 Å². The lowest BCUT2D eigenvalue weighted by molar-refractivity contribution is -0.139. The summed E-state index contributed by atoms with van der Waals surface area (Å²) in [6.07, 6.45) is 3.13. The number of ether oxygens (including phenoxy) is 1. The van der Waals surface area contributed by atoms with Gasteiger partial charge in [-0.05, 0) is 86.1 Å². The fourth-order valence-electron chi connectivity index (χ4n) is 6.52. The number of halogens is 1. The Morgan fingerprint density at radius 1 is 0.971 bits per heavy atom. The SMILES string of the molecule is Cc1cc(OC(=O)[C@@H]2CC(=O)N(c3ccc(Cl)cc3)C2)ccc1N1C(=O)[C@@H]2[C@H]3CC[C@@H](C3)[C@H]2C1=O. The Bertz CT molecular complexity index is 1230. The molecule has 2 saturated carbocycles. The van der Waals surface area contributed by atoms with E-state index in [1.807, 2.05) is 0 Å². The van der Waals surface area contributed by atoms with Crippen LogP contribution < -0.4 is 14.5 Å². The average Bonchev–Trinajstić information content (AvgIpc) is 3.59. The van der Waals surface area contributed by atoms with Crippen molar-refractivity contribution in [1.29, 1.82) is 0 Å². The Hall–Kier alpha value is -3.19. The highest BCUT2D eigenvalue weighted by atomic mass is 35.5. The number of fused-ring (bicyclic) bond motifs is 5. The topological polar surface area (TPSA) is 84.0 Å². The predicted molar refractivity (Wildman–Crippen MR) is 129 cm³/mol. The van der Waals surface area contributed by atoms with Crippen LogP contribution in [-0.4, -0.2) is 30.2 Å². The van der Waals surface area contributed by atoms with Gasteiger partial charge in [0.1, 0.15) is 5.75 Å². The first-order chi connectivity index (χ1) is 16.8. The largest absolute Gasteiger partial charge is 0.426 e. The van der Waals surface area contributed by atoms with Crippen molar-refractivity contribution in [2.45, 2.75) is 32.6 Å². The second kappa shape index (κ2) is 8.19. The number of esters is 1. The molecule has 0 aromatic heterocycles. The van der Waals surface area contributed by atoms with Crippen LogP contribution in [0.5, 0.6) is 5.75 Å². The van der Waals surface area contributed by atoms with Crippen LogP contribution in [-0.2, 0) is 19.2 Å². The van der Waals surface area contributed by atoms with E-state index in [0.29, 0.717) is 39.5 Å². The Labute approximate surface area is 208 Å². The number of aryl methyl sites for hydroxylation is 1. The maximum atomic E-state index is 13.1. The first-order valence-corrected chi connectivity index (χ1v) is 12.5. The molecule has 2 aromatic rings. The highest BCUT2D eigenvalue weighted by Crippen LogP contribution is 2.56. The minimum atomic E-state index is -0.588. The lowest BCUT2D eigenvalue weighted by Gasteiger charge is -2.20. The number of rotatable bonds is 4. The van der Waals surface area contributed by atoms with Gasteiger partial charge in [-0.3, -0.25) is 19.2 Å². The summed E-state index contributed by atoms with van der Waals surface area (Å²) in [6.45, 7) is 2.04. The van der Waals surface area contributed by atoms with Crippen molar-refractivity contribution in [3.05, 3.63) is 53.1 Å². The number of hydrogen-bond donors (Lipinski definition) is 0. The van der Waals surface area contributed by atoms with E-state index in [4.69, 9.17) is 16.3 Å². The number of amides is 3. The summed E-state index contributed by atoms with van der Waals surface area (Å²) in [4.78, 5) is 54.5. The van der Waals surface area contributed by atoms with E-state index in [2.05, 4.69) is 0 Å². The third-order valence-electron chi connectivity index (χ3n) is 8.15. The second-order valence-corrected chi connectivity index (χ2v) is 10.6. The van der Waals surface area contributed by atoms with E-state index in [9.17, 15) is 19.2 Å². The molecule has 7 nitrogen and oxygen atoms in total. The molecule has 0 unspecified atom stereocenters. The van der Waals surface area contributed by atoms with Gasteiger partial charge in [0.05, 0.1) is 23.4 Å². The number of nitrogens with zero attached hydrogens (tertiary/aromatic N) is 2. The molecular formula is C27H25ClN2O5. The summed E-state index contributed by atoms with van der Waals surface area (Å²) < 4.78 is 5.59. The quantitative estimate of drug-likeness (QED) is 0.364. The highest BCUT2D eigenvalue weighted by molar-refractivity contribution is 6.30. The van der Waals surface area contributed by atoms with Crippen molar-refractivity contribution in [2.24, 2.45) is 29.6 Å². The van der Waals surface area contributed by atoms with E-state index in [1.165, 1.54) is 4.90 Å². The van der Waals surface area contributed by atoms with Crippen LogP contribution in [0.15, 0.2) is 42.5 Å². The van der Waals surface area contributed by atoms with Gasteiger partial charge in [-0.2, -0.15) is 0 Å². The molecule has 2 heterocycles. The van der Waals surface area contributed by atoms with Crippen molar-refractivity contribution < 1.29 is 23.9 Å². The standard InChI is InChI=1S/C27H25ClN2O5/c1-14-10-20(35-27(34)17-12-22(31)29(13-17)19-6-4-18(28)5-7-19)8-9-21(14)30-25(32)23-15-2-3-16(11-15)24(23)26(30)33/h4-10,15-17,23-24H,2-3,11-13H2,1H3/t15-,16-,17+,23+,24+/m0/s1. The van der Waals surface area contributed by atoms with E-state index in [-0.39, 0.29) is 42.5 Å². The molecule has 8 heteroatoms. The molecule has 4 fully saturated rings. The summed E-state index contributed by atoms with van der Waals surface area (Å²) in [5.41, 5.74) is 1.93. The lowest BCUT2D eigenvalue weighted by atomic mass is 9.81. The third kappa shape index (κ3) is 3.56. The first-order valence-electron chi connectivity index (χ1n) is 12.1. The molecule has 5 atom stereocenters. The summed E-state index contributed by atoms with van der Waals surface area (Å²) in [5.74, 6) is -0.778. The molecule has 2 bridgehead atoms. The summed E-state index contributed by atoms with van der Waals surface area (Å²) in [5, 5.41) is 0.572. The summed E-state index contributed by atoms with van der Waals surface area (Å²) >= 11 is 5.93. The Kier molecular flexibility index (Phi) is 5.22. The van der Waals surface area contributed by atoms with Gasteiger partial charge in [0.2, 0.25) is 17.7 Å². The van der Waals surface area contributed by atoms with Crippen LogP contribution in [0, 0.1) is 36.5 Å². The average molecular weight is 493 g/mol. The molecule has 0 N–H and O–H groups in total. The van der Waals surface area contributed by atoms with Crippen LogP contribution in [0.2, 0.25) is 5.02 Å². The summed E-state index contributed by atoms with van der Waals surface area (Å²) in [7, 11) is 0. The van der Waals surface area contributed by atoms with E-state index >= 15 is 0 Å². The van der Waals surface area contributed by atoms with Gasteiger partial charge in [-0.1, -0.05) is 11.6 Å². The number of imide groups is 1. The molecule has 35 heavy (non-hydrogen) atoms. The Balaban J connectivity index is 1.15. The zero-order valence-electron chi connectivity index (χ0n) is 19.3. The van der Waals surface area contributed by atoms with Gasteiger partial charge in [-0.15, -0.1) is 0 Å². The summed E-state index contributed by atoms with van der Waals surface area (Å²) in [6, 6.07) is 11.9. The smallest absolute Gasteiger partial charge is 0.316 e. The molecule has 3 amide bonds.